The maximum absolute atomic E-state index is 13.5. The quantitative estimate of drug-likeness (QED) is 0.370. The van der Waals surface area contributed by atoms with Crippen molar-refractivity contribution < 1.29 is 23.6 Å². The molecule has 0 radical (unpaired) electrons. The smallest absolute Gasteiger partial charge is 0.331 e. The second kappa shape index (κ2) is 8.52. The molecule has 0 spiro atoms. The number of ether oxygens (including phenoxy) is 1. The topological polar surface area (TPSA) is 98.5 Å². The van der Waals surface area contributed by atoms with Crippen molar-refractivity contribution in [2.24, 2.45) is 0 Å². The van der Waals surface area contributed by atoms with E-state index >= 15 is 0 Å². The Balaban J connectivity index is 1.90. The van der Waals surface area contributed by atoms with Crippen LogP contribution in [0.25, 0.3) is 6.08 Å². The predicted octanol–water partition coefficient (Wildman–Crippen LogP) is 3.32. The molecule has 0 aliphatic heterocycles. The Morgan fingerprint density at radius 1 is 1.19 bits per heavy atom. The second-order valence-electron chi connectivity index (χ2n) is 5.23. The highest BCUT2D eigenvalue weighted by Crippen LogP contribution is 2.14. The molecule has 0 saturated carbocycles. The lowest BCUT2D eigenvalue weighted by molar-refractivity contribution is -0.384. The molecular weight excluding hydrogens is 343 g/mol. The monoisotopic (exact) mass is 358 g/mol. The second-order valence-corrected chi connectivity index (χ2v) is 5.23. The number of rotatable bonds is 6. The number of carbonyl (C=O) groups excluding carboxylic acids is 2. The maximum atomic E-state index is 13.5. The van der Waals surface area contributed by atoms with Gasteiger partial charge in [-0.2, -0.15) is 0 Å². The Bertz CT molecular complexity index is 849. The number of nitrogens with one attached hydrogen (secondary N) is 1. The van der Waals surface area contributed by atoms with Gasteiger partial charge >= 0.3 is 5.97 Å². The first-order valence-electron chi connectivity index (χ1n) is 7.55. The molecule has 0 fully saturated rings. The zero-order valence-corrected chi connectivity index (χ0v) is 13.7. The van der Waals surface area contributed by atoms with Crippen LogP contribution in [0.5, 0.6) is 0 Å². The average Bonchev–Trinajstić information content (AvgIpc) is 2.62. The number of hydrogen-bond acceptors (Lipinski definition) is 5. The van der Waals surface area contributed by atoms with Crippen LogP contribution in [0.4, 0.5) is 15.8 Å². The molecule has 1 N–H and O–H groups in total. The number of para-hydroxylation sites is 1. The number of benzene rings is 2. The minimum absolute atomic E-state index is 0.0122. The highest BCUT2D eigenvalue weighted by Gasteiger charge is 2.17. The van der Waals surface area contributed by atoms with Crippen molar-refractivity contribution in [1.82, 2.24) is 0 Å². The Hall–Kier alpha value is -3.55. The van der Waals surface area contributed by atoms with E-state index in [1.807, 2.05) is 0 Å². The Labute approximate surface area is 148 Å². The minimum atomic E-state index is -1.14. The standard InChI is InChI=1S/C18H15FN2O5/c1-12(18(23)20-16-5-3-2-4-15(16)19)26-17(22)11-8-13-6-9-14(10-7-13)21(24)25/h2-12H,1H3,(H,20,23)/b11-8+/t12-/m1/s1. The van der Waals surface area contributed by atoms with Crippen LogP contribution in [0.1, 0.15) is 12.5 Å². The van der Waals surface area contributed by atoms with Crippen LogP contribution in [-0.4, -0.2) is 22.9 Å². The van der Waals surface area contributed by atoms with Crippen molar-refractivity contribution in [1.29, 1.82) is 0 Å². The van der Waals surface area contributed by atoms with Gasteiger partial charge in [0.05, 0.1) is 10.6 Å². The molecule has 2 aromatic carbocycles. The van der Waals surface area contributed by atoms with Crippen LogP contribution in [0.2, 0.25) is 0 Å². The molecule has 2 rings (SSSR count). The summed E-state index contributed by atoms with van der Waals surface area (Å²) >= 11 is 0. The summed E-state index contributed by atoms with van der Waals surface area (Å²) in [6.45, 7) is 1.35. The van der Waals surface area contributed by atoms with E-state index in [0.717, 1.165) is 6.08 Å². The number of amides is 1. The zero-order chi connectivity index (χ0) is 19.1. The molecule has 8 heteroatoms. The van der Waals surface area contributed by atoms with Crippen molar-refractivity contribution in [3.63, 3.8) is 0 Å². The highest BCUT2D eigenvalue weighted by molar-refractivity contribution is 5.96. The van der Waals surface area contributed by atoms with Crippen LogP contribution >= 0.6 is 0 Å². The number of hydrogen-bond donors (Lipinski definition) is 1. The van der Waals surface area contributed by atoms with E-state index < -0.39 is 28.7 Å². The molecule has 134 valence electrons. The largest absolute Gasteiger partial charge is 0.449 e. The fourth-order valence-electron chi connectivity index (χ4n) is 1.94. The molecule has 0 aliphatic rings. The number of nitro benzene ring substituents is 1. The van der Waals surface area contributed by atoms with Crippen LogP contribution in [-0.2, 0) is 14.3 Å². The Morgan fingerprint density at radius 2 is 1.85 bits per heavy atom. The van der Waals surface area contributed by atoms with Crippen molar-refractivity contribution >= 4 is 29.3 Å². The van der Waals surface area contributed by atoms with Gasteiger partial charge in [0, 0.05) is 18.2 Å². The lowest BCUT2D eigenvalue weighted by Crippen LogP contribution is -2.29. The van der Waals surface area contributed by atoms with Crippen molar-refractivity contribution in [2.45, 2.75) is 13.0 Å². The predicted molar refractivity (Wildman–Crippen MR) is 92.7 cm³/mol. The molecule has 0 aliphatic carbocycles. The third-order valence-corrected chi connectivity index (χ3v) is 3.31. The highest BCUT2D eigenvalue weighted by atomic mass is 19.1. The molecule has 1 atom stereocenters. The van der Waals surface area contributed by atoms with E-state index in [1.54, 1.807) is 6.07 Å². The van der Waals surface area contributed by atoms with E-state index in [2.05, 4.69) is 5.32 Å². The average molecular weight is 358 g/mol. The van der Waals surface area contributed by atoms with Crippen LogP contribution in [0.15, 0.2) is 54.6 Å². The van der Waals surface area contributed by atoms with Gasteiger partial charge in [-0.25, -0.2) is 9.18 Å². The third kappa shape index (κ3) is 5.23. The molecule has 0 unspecified atom stereocenters. The summed E-state index contributed by atoms with van der Waals surface area (Å²) < 4.78 is 18.4. The zero-order valence-electron chi connectivity index (χ0n) is 13.7. The number of nitro groups is 1. The van der Waals surface area contributed by atoms with Gasteiger partial charge in [0.25, 0.3) is 11.6 Å². The van der Waals surface area contributed by atoms with Crippen LogP contribution in [0, 0.1) is 15.9 Å². The van der Waals surface area contributed by atoms with Crippen molar-refractivity contribution in [2.75, 3.05) is 5.32 Å². The van der Waals surface area contributed by atoms with Crippen molar-refractivity contribution in [3.8, 4) is 0 Å². The molecule has 0 saturated heterocycles. The molecule has 0 aromatic heterocycles. The first-order chi connectivity index (χ1) is 12.4. The number of nitrogens with zero attached hydrogens (tertiary/aromatic N) is 1. The normalized spacial score (nSPS) is 11.8. The molecule has 0 heterocycles. The van der Waals surface area contributed by atoms with Crippen LogP contribution < -0.4 is 5.32 Å². The van der Waals surface area contributed by atoms with Crippen molar-refractivity contribution in [3.05, 3.63) is 76.1 Å². The van der Waals surface area contributed by atoms with Gasteiger partial charge in [0.15, 0.2) is 6.10 Å². The van der Waals surface area contributed by atoms with Gasteiger partial charge < -0.3 is 10.1 Å². The summed E-state index contributed by atoms with van der Waals surface area (Å²) in [5.74, 6) is -2.05. The van der Waals surface area contributed by atoms with Gasteiger partial charge in [-0.3, -0.25) is 14.9 Å². The molecule has 0 bridgehead atoms. The maximum Gasteiger partial charge on any atom is 0.331 e. The van der Waals surface area contributed by atoms with E-state index in [4.69, 9.17) is 4.74 Å². The van der Waals surface area contributed by atoms with Crippen LogP contribution in [0.3, 0.4) is 0 Å². The summed E-state index contributed by atoms with van der Waals surface area (Å²) in [4.78, 5) is 33.7. The summed E-state index contributed by atoms with van der Waals surface area (Å²) in [5, 5.41) is 12.9. The van der Waals surface area contributed by atoms with Gasteiger partial charge in [-0.15, -0.1) is 0 Å². The molecule has 2 aromatic rings. The van der Waals surface area contributed by atoms with E-state index in [1.165, 1.54) is 55.5 Å². The van der Waals surface area contributed by atoms with Gasteiger partial charge in [-0.05, 0) is 42.8 Å². The molecule has 1 amide bonds. The Kier molecular flexibility index (Phi) is 6.15. The summed E-state index contributed by atoms with van der Waals surface area (Å²) in [7, 11) is 0. The van der Waals surface area contributed by atoms with E-state index in [9.17, 15) is 24.1 Å². The number of non-ortho nitro benzene ring substituents is 1. The van der Waals surface area contributed by atoms with Gasteiger partial charge in [0.1, 0.15) is 5.82 Å². The number of esters is 1. The molecular formula is C18H15FN2O5. The van der Waals surface area contributed by atoms with Gasteiger partial charge in [0.2, 0.25) is 0 Å². The fraction of sp³-hybridized carbons (Fsp3) is 0.111. The Morgan fingerprint density at radius 3 is 2.46 bits per heavy atom. The SMILES string of the molecule is C[C@@H](OC(=O)/C=C/c1ccc([N+](=O)[O-])cc1)C(=O)Nc1ccccc1F. The number of carbonyl (C=O) groups is 2. The van der Waals surface area contributed by atoms with E-state index in [-0.39, 0.29) is 11.4 Å². The van der Waals surface area contributed by atoms with E-state index in [0.29, 0.717) is 5.56 Å². The third-order valence-electron chi connectivity index (χ3n) is 3.31. The number of halogens is 1. The lowest BCUT2D eigenvalue weighted by atomic mass is 10.2. The lowest BCUT2D eigenvalue weighted by Gasteiger charge is -2.12. The first kappa shape index (κ1) is 18.8. The molecule has 26 heavy (non-hydrogen) atoms. The number of anilines is 1. The minimum Gasteiger partial charge on any atom is -0.449 e. The summed E-state index contributed by atoms with van der Waals surface area (Å²) in [6, 6.07) is 11.2. The molecule has 7 nitrogen and oxygen atoms in total. The summed E-state index contributed by atoms with van der Waals surface area (Å²) in [5.41, 5.74) is 0.473. The van der Waals surface area contributed by atoms with Gasteiger partial charge in [-0.1, -0.05) is 12.1 Å². The summed E-state index contributed by atoms with van der Waals surface area (Å²) in [6.07, 6.45) is 1.35. The first-order valence-corrected chi connectivity index (χ1v) is 7.55. The fourth-order valence-corrected chi connectivity index (χ4v) is 1.94.